The van der Waals surface area contributed by atoms with Crippen LogP contribution in [0.2, 0.25) is 5.02 Å². The van der Waals surface area contributed by atoms with E-state index < -0.39 is 0 Å². The molecule has 0 saturated carbocycles. The van der Waals surface area contributed by atoms with Gasteiger partial charge in [-0.3, -0.25) is 5.41 Å². The van der Waals surface area contributed by atoms with Crippen LogP contribution in [0.5, 0.6) is 0 Å². The quantitative estimate of drug-likeness (QED) is 0.694. The number of hydrogen-bond acceptors (Lipinski definition) is 2. The van der Waals surface area contributed by atoms with Crippen molar-refractivity contribution in [2.24, 2.45) is 0 Å². The molecular formula is C15H10ClNO. The summed E-state index contributed by atoms with van der Waals surface area (Å²) in [6.45, 7) is 0. The molecule has 2 aromatic carbocycles. The number of hydrogen-bond donors (Lipinski definition) is 1. The second kappa shape index (κ2) is 4.31. The van der Waals surface area contributed by atoms with Gasteiger partial charge in [0.2, 0.25) is 5.55 Å². The normalized spacial score (nSPS) is 10.7. The summed E-state index contributed by atoms with van der Waals surface area (Å²) in [5.74, 6) is 0. The van der Waals surface area contributed by atoms with Gasteiger partial charge < -0.3 is 4.42 Å². The highest BCUT2D eigenvalue weighted by Crippen LogP contribution is 2.23. The molecule has 3 rings (SSSR count). The van der Waals surface area contributed by atoms with Crippen LogP contribution in [0.3, 0.4) is 0 Å². The molecular weight excluding hydrogens is 246 g/mol. The van der Waals surface area contributed by atoms with E-state index in [-0.39, 0.29) is 5.55 Å². The fourth-order valence-electron chi connectivity index (χ4n) is 1.94. The van der Waals surface area contributed by atoms with Crippen LogP contribution in [0, 0.1) is 5.41 Å². The molecule has 1 aromatic heterocycles. The summed E-state index contributed by atoms with van der Waals surface area (Å²) in [5, 5.41) is 9.51. The minimum Gasteiger partial charge on any atom is -0.438 e. The number of nitrogens with one attached hydrogen (secondary N) is 1. The Kier molecular flexibility index (Phi) is 2.65. The predicted molar refractivity (Wildman–Crippen MR) is 72.5 cm³/mol. The molecule has 0 spiro atoms. The Balaban J connectivity index is 2.31. The lowest BCUT2D eigenvalue weighted by atomic mass is 10.1. The van der Waals surface area contributed by atoms with Gasteiger partial charge in [0.15, 0.2) is 0 Å². The molecule has 0 amide bonds. The van der Waals surface area contributed by atoms with Gasteiger partial charge in [-0.05, 0) is 29.8 Å². The molecule has 0 atom stereocenters. The second-order valence-corrected chi connectivity index (χ2v) is 4.47. The van der Waals surface area contributed by atoms with Crippen LogP contribution < -0.4 is 5.55 Å². The summed E-state index contributed by atoms with van der Waals surface area (Å²) >= 11 is 5.97. The molecule has 3 aromatic rings. The van der Waals surface area contributed by atoms with E-state index in [0.29, 0.717) is 10.6 Å². The highest BCUT2D eigenvalue weighted by molar-refractivity contribution is 6.31. The molecule has 88 valence electrons. The summed E-state index contributed by atoms with van der Waals surface area (Å²) in [4.78, 5) is 0. The molecule has 3 heteroatoms. The van der Waals surface area contributed by atoms with Crippen molar-refractivity contribution in [1.82, 2.24) is 0 Å². The summed E-state index contributed by atoms with van der Waals surface area (Å²) in [5.41, 5.74) is 2.57. The molecule has 0 unspecified atom stereocenters. The summed E-state index contributed by atoms with van der Waals surface area (Å²) < 4.78 is 5.51. The van der Waals surface area contributed by atoms with E-state index in [9.17, 15) is 0 Å². The molecule has 0 aliphatic rings. The fourth-order valence-corrected chi connectivity index (χ4v) is 2.12. The van der Waals surface area contributed by atoms with Crippen molar-refractivity contribution in [3.8, 4) is 11.1 Å². The van der Waals surface area contributed by atoms with Gasteiger partial charge in [-0.2, -0.15) is 0 Å². The Morgan fingerprint density at radius 1 is 0.944 bits per heavy atom. The van der Waals surface area contributed by atoms with Crippen molar-refractivity contribution in [3.63, 3.8) is 0 Å². The Labute approximate surface area is 109 Å². The van der Waals surface area contributed by atoms with E-state index >= 15 is 0 Å². The van der Waals surface area contributed by atoms with E-state index in [1.54, 1.807) is 12.1 Å². The largest absolute Gasteiger partial charge is 0.438 e. The molecule has 0 aliphatic carbocycles. The van der Waals surface area contributed by atoms with E-state index in [1.165, 1.54) is 0 Å². The summed E-state index contributed by atoms with van der Waals surface area (Å²) in [6.07, 6.45) is 0. The summed E-state index contributed by atoms with van der Waals surface area (Å²) in [7, 11) is 0. The fraction of sp³-hybridized carbons (Fsp3) is 0. The average Bonchev–Trinajstić information content (AvgIpc) is 2.39. The van der Waals surface area contributed by atoms with Crippen LogP contribution in [0.25, 0.3) is 22.1 Å². The van der Waals surface area contributed by atoms with Crippen molar-refractivity contribution in [2.45, 2.75) is 0 Å². The van der Waals surface area contributed by atoms with Crippen LogP contribution in [-0.4, -0.2) is 0 Å². The average molecular weight is 256 g/mol. The van der Waals surface area contributed by atoms with Gasteiger partial charge in [0.1, 0.15) is 5.58 Å². The van der Waals surface area contributed by atoms with E-state index in [2.05, 4.69) is 0 Å². The van der Waals surface area contributed by atoms with Gasteiger partial charge in [0, 0.05) is 16.0 Å². The van der Waals surface area contributed by atoms with Gasteiger partial charge in [-0.15, -0.1) is 0 Å². The monoisotopic (exact) mass is 255 g/mol. The smallest absolute Gasteiger partial charge is 0.219 e. The first kappa shape index (κ1) is 11.1. The first-order valence-corrected chi connectivity index (χ1v) is 5.95. The van der Waals surface area contributed by atoms with Gasteiger partial charge >= 0.3 is 0 Å². The lowest BCUT2D eigenvalue weighted by Crippen LogP contribution is -2.02. The number of halogens is 1. The molecule has 0 saturated heterocycles. The Bertz CT molecular complexity index is 762. The van der Waals surface area contributed by atoms with E-state index in [0.717, 1.165) is 16.5 Å². The van der Waals surface area contributed by atoms with Crippen LogP contribution in [0.15, 0.2) is 59.0 Å². The zero-order valence-electron chi connectivity index (χ0n) is 9.48. The number of rotatable bonds is 1. The maximum Gasteiger partial charge on any atom is 0.219 e. The Hall–Kier alpha value is -2.06. The third-order valence-corrected chi connectivity index (χ3v) is 3.05. The highest BCUT2D eigenvalue weighted by atomic mass is 35.5. The predicted octanol–water partition coefficient (Wildman–Crippen LogP) is 4.23. The zero-order chi connectivity index (χ0) is 12.5. The van der Waals surface area contributed by atoms with Gasteiger partial charge in [0.25, 0.3) is 0 Å². The van der Waals surface area contributed by atoms with Crippen molar-refractivity contribution >= 4 is 22.6 Å². The standard InChI is InChI=1S/C15H10ClNO/c16-12-6-7-14-11(8-12)9-13(15(17)18-14)10-4-2-1-3-5-10/h1-9,17H. The van der Waals surface area contributed by atoms with Gasteiger partial charge in [-0.25, -0.2) is 0 Å². The first-order valence-electron chi connectivity index (χ1n) is 5.57. The first-order chi connectivity index (χ1) is 8.74. The van der Waals surface area contributed by atoms with Gasteiger partial charge in [-0.1, -0.05) is 41.9 Å². The Morgan fingerprint density at radius 3 is 2.50 bits per heavy atom. The lowest BCUT2D eigenvalue weighted by molar-refractivity contribution is 0.536. The third-order valence-electron chi connectivity index (χ3n) is 2.81. The topological polar surface area (TPSA) is 37.0 Å². The molecule has 1 N–H and O–H groups in total. The minimum absolute atomic E-state index is 0.163. The third kappa shape index (κ3) is 1.91. The van der Waals surface area contributed by atoms with Crippen molar-refractivity contribution in [1.29, 1.82) is 5.41 Å². The Morgan fingerprint density at radius 2 is 1.72 bits per heavy atom. The zero-order valence-corrected chi connectivity index (χ0v) is 10.2. The molecule has 18 heavy (non-hydrogen) atoms. The number of benzene rings is 2. The van der Waals surface area contributed by atoms with Crippen molar-refractivity contribution in [3.05, 3.63) is 65.2 Å². The maximum absolute atomic E-state index is 7.94. The molecule has 2 nitrogen and oxygen atoms in total. The molecule has 0 radical (unpaired) electrons. The van der Waals surface area contributed by atoms with Crippen LogP contribution in [-0.2, 0) is 0 Å². The SMILES string of the molecule is N=c1oc2ccc(Cl)cc2cc1-c1ccccc1. The second-order valence-electron chi connectivity index (χ2n) is 4.04. The van der Waals surface area contributed by atoms with E-state index in [1.807, 2.05) is 42.5 Å². The molecule has 0 fully saturated rings. The maximum atomic E-state index is 7.94. The van der Waals surface area contributed by atoms with Crippen LogP contribution in [0.4, 0.5) is 0 Å². The minimum atomic E-state index is 0.163. The van der Waals surface area contributed by atoms with Crippen LogP contribution >= 0.6 is 11.6 Å². The van der Waals surface area contributed by atoms with Gasteiger partial charge in [0.05, 0.1) is 0 Å². The van der Waals surface area contributed by atoms with E-state index in [4.69, 9.17) is 21.4 Å². The highest BCUT2D eigenvalue weighted by Gasteiger charge is 2.05. The van der Waals surface area contributed by atoms with Crippen molar-refractivity contribution in [2.75, 3.05) is 0 Å². The molecule has 0 aliphatic heterocycles. The lowest BCUT2D eigenvalue weighted by Gasteiger charge is -2.04. The number of fused-ring (bicyclic) bond motifs is 1. The molecule has 0 bridgehead atoms. The van der Waals surface area contributed by atoms with Crippen LogP contribution in [0.1, 0.15) is 0 Å². The summed E-state index contributed by atoms with van der Waals surface area (Å²) in [6, 6.07) is 17.1. The van der Waals surface area contributed by atoms with Crippen molar-refractivity contribution < 1.29 is 4.42 Å². The molecule has 1 heterocycles.